The van der Waals surface area contributed by atoms with Crippen molar-refractivity contribution in [2.75, 3.05) is 25.1 Å². The molecule has 1 aromatic carbocycles. The molecule has 0 spiro atoms. The van der Waals surface area contributed by atoms with E-state index in [1.807, 2.05) is 13.8 Å². The van der Waals surface area contributed by atoms with E-state index in [1.54, 1.807) is 31.2 Å². The van der Waals surface area contributed by atoms with Gasteiger partial charge in [-0.25, -0.2) is 4.79 Å². The highest BCUT2D eigenvalue weighted by atomic mass is 16.7. The molecule has 0 saturated heterocycles. The second-order valence-electron chi connectivity index (χ2n) is 5.99. The van der Waals surface area contributed by atoms with Crippen LogP contribution in [0.4, 0.5) is 5.69 Å². The maximum atomic E-state index is 12.3. The molecule has 2 rings (SSSR count). The first kappa shape index (κ1) is 22.3. The molecule has 29 heavy (non-hydrogen) atoms. The number of rotatable bonds is 10. The topological polar surface area (TPSA) is 95.9 Å². The zero-order valence-electron chi connectivity index (χ0n) is 16.8. The van der Waals surface area contributed by atoms with Crippen LogP contribution in [-0.2, 0) is 19.0 Å². The van der Waals surface area contributed by atoms with Crippen molar-refractivity contribution < 1.29 is 23.8 Å². The van der Waals surface area contributed by atoms with Gasteiger partial charge in [-0.05, 0) is 45.0 Å². The number of carbonyl (C=O) groups is 2. The van der Waals surface area contributed by atoms with E-state index in [4.69, 9.17) is 14.2 Å². The molecule has 0 saturated carbocycles. The van der Waals surface area contributed by atoms with Crippen LogP contribution in [0.15, 0.2) is 47.4 Å². The van der Waals surface area contributed by atoms with Gasteiger partial charge >= 0.3 is 5.97 Å². The highest BCUT2D eigenvalue weighted by Gasteiger charge is 2.15. The molecule has 2 aromatic rings. The zero-order valence-corrected chi connectivity index (χ0v) is 16.8. The van der Waals surface area contributed by atoms with Crippen LogP contribution in [0.25, 0.3) is 5.69 Å². The van der Waals surface area contributed by atoms with Crippen LogP contribution in [0.5, 0.6) is 0 Å². The first-order chi connectivity index (χ1) is 14.0. The maximum absolute atomic E-state index is 12.3. The molecule has 0 bridgehead atoms. The minimum absolute atomic E-state index is 0.0458. The van der Waals surface area contributed by atoms with Gasteiger partial charge in [-0.2, -0.15) is 0 Å². The van der Waals surface area contributed by atoms with Crippen molar-refractivity contribution in [1.82, 2.24) is 4.57 Å². The average molecular weight is 402 g/mol. The van der Waals surface area contributed by atoms with Crippen LogP contribution in [0, 0.1) is 0 Å². The van der Waals surface area contributed by atoms with Gasteiger partial charge in [0.05, 0.1) is 24.3 Å². The van der Waals surface area contributed by atoms with Crippen molar-refractivity contribution in [2.24, 2.45) is 0 Å². The van der Waals surface area contributed by atoms with Gasteiger partial charge in [-0.1, -0.05) is 6.07 Å². The summed E-state index contributed by atoms with van der Waals surface area (Å²) in [6.07, 6.45) is 0.850. The van der Waals surface area contributed by atoms with E-state index >= 15 is 0 Å². The molecule has 1 N–H and O–H groups in total. The van der Waals surface area contributed by atoms with Crippen molar-refractivity contribution in [3.8, 4) is 5.69 Å². The molecule has 1 aromatic heterocycles. The predicted octanol–water partition coefficient (Wildman–Crippen LogP) is 2.74. The van der Waals surface area contributed by atoms with Crippen LogP contribution in [-0.4, -0.2) is 42.6 Å². The van der Waals surface area contributed by atoms with E-state index in [2.05, 4.69) is 5.32 Å². The Hall–Kier alpha value is -2.97. The number of amides is 1. The fraction of sp³-hybridized carbons (Fsp3) is 0.381. The molecule has 0 radical (unpaired) electrons. The van der Waals surface area contributed by atoms with Crippen molar-refractivity contribution in [1.29, 1.82) is 0 Å². The van der Waals surface area contributed by atoms with Crippen LogP contribution in [0.1, 0.15) is 37.6 Å². The molecule has 1 heterocycles. The Morgan fingerprint density at radius 1 is 1.03 bits per heavy atom. The number of carbonyl (C=O) groups excluding carboxylic acids is 2. The number of nitrogens with one attached hydrogen (secondary N) is 1. The van der Waals surface area contributed by atoms with E-state index in [-0.39, 0.29) is 30.1 Å². The molecular formula is C21H26N2O6. The summed E-state index contributed by atoms with van der Waals surface area (Å²) in [7, 11) is 0. The molecule has 1 amide bonds. The first-order valence-corrected chi connectivity index (χ1v) is 9.51. The Bertz CT molecular complexity index is 887. The summed E-state index contributed by atoms with van der Waals surface area (Å²) in [5, 5.41) is 2.77. The highest BCUT2D eigenvalue weighted by Crippen LogP contribution is 2.15. The lowest BCUT2D eigenvalue weighted by molar-refractivity contribution is -0.150. The number of hydrogen-bond acceptors (Lipinski definition) is 6. The quantitative estimate of drug-likeness (QED) is 0.485. The number of esters is 1. The summed E-state index contributed by atoms with van der Waals surface area (Å²) in [6, 6.07) is 9.48. The number of hydrogen-bond donors (Lipinski definition) is 1. The smallest absolute Gasteiger partial charge is 0.339 e. The molecule has 156 valence electrons. The highest BCUT2D eigenvalue weighted by molar-refractivity contribution is 5.91. The minimum atomic E-state index is -0.614. The minimum Gasteiger partial charge on any atom is -0.462 e. The lowest BCUT2D eigenvalue weighted by Crippen LogP contribution is -2.25. The molecule has 8 nitrogen and oxygen atoms in total. The maximum Gasteiger partial charge on any atom is 0.339 e. The third-order valence-electron chi connectivity index (χ3n) is 3.89. The second-order valence-corrected chi connectivity index (χ2v) is 5.99. The standard InChI is InChI=1S/C21H26N2O6/c1-4-27-20(28-5-2)13-18(24)22-16-8-7-9-17(12-16)23-14-15(10-11-19(23)25)21(26)29-6-3/h7-12,14,20H,4-6,13H2,1-3H3,(H,22,24). The third kappa shape index (κ3) is 6.55. The van der Waals surface area contributed by atoms with E-state index in [9.17, 15) is 14.4 Å². The van der Waals surface area contributed by atoms with E-state index in [0.29, 0.717) is 24.6 Å². The number of anilines is 1. The summed E-state index contributed by atoms with van der Waals surface area (Å²) in [4.78, 5) is 36.5. The average Bonchev–Trinajstić information content (AvgIpc) is 2.69. The van der Waals surface area contributed by atoms with Gasteiger partial charge in [-0.15, -0.1) is 0 Å². The van der Waals surface area contributed by atoms with Crippen LogP contribution in [0.3, 0.4) is 0 Å². The van der Waals surface area contributed by atoms with Gasteiger partial charge in [0.15, 0.2) is 6.29 Å². The van der Waals surface area contributed by atoms with Crippen LogP contribution in [0.2, 0.25) is 0 Å². The Labute approximate surface area is 169 Å². The van der Waals surface area contributed by atoms with Gasteiger partial charge in [0.1, 0.15) is 0 Å². The molecule has 0 aliphatic rings. The Balaban J connectivity index is 2.19. The summed E-state index contributed by atoms with van der Waals surface area (Å²) in [5.74, 6) is -0.787. The Morgan fingerprint density at radius 3 is 2.41 bits per heavy atom. The number of ether oxygens (including phenoxy) is 3. The van der Waals surface area contributed by atoms with Crippen molar-refractivity contribution in [2.45, 2.75) is 33.5 Å². The lowest BCUT2D eigenvalue weighted by Gasteiger charge is -2.16. The predicted molar refractivity (Wildman–Crippen MR) is 108 cm³/mol. The molecule has 8 heteroatoms. The fourth-order valence-corrected chi connectivity index (χ4v) is 2.66. The van der Waals surface area contributed by atoms with Gasteiger partial charge < -0.3 is 19.5 Å². The summed E-state index contributed by atoms with van der Waals surface area (Å²) in [5.41, 5.74) is 0.962. The SMILES string of the molecule is CCOC(=O)c1ccc(=O)n(-c2cccc(NC(=O)CC(OCC)OCC)c2)c1. The molecular weight excluding hydrogens is 376 g/mol. The van der Waals surface area contributed by atoms with Crippen LogP contribution < -0.4 is 10.9 Å². The van der Waals surface area contributed by atoms with Gasteiger partial charge in [-0.3, -0.25) is 14.2 Å². The van der Waals surface area contributed by atoms with Crippen LogP contribution >= 0.6 is 0 Å². The Kier molecular flexibility index (Phi) is 8.57. The van der Waals surface area contributed by atoms with E-state index in [0.717, 1.165) is 0 Å². The Morgan fingerprint density at radius 2 is 1.76 bits per heavy atom. The first-order valence-electron chi connectivity index (χ1n) is 9.51. The largest absolute Gasteiger partial charge is 0.462 e. The van der Waals surface area contributed by atoms with Crippen molar-refractivity contribution in [3.63, 3.8) is 0 Å². The lowest BCUT2D eigenvalue weighted by atomic mass is 10.2. The van der Waals surface area contributed by atoms with E-state index < -0.39 is 12.3 Å². The fourth-order valence-electron chi connectivity index (χ4n) is 2.66. The van der Waals surface area contributed by atoms with Gasteiger partial charge in [0.2, 0.25) is 5.91 Å². The monoisotopic (exact) mass is 402 g/mol. The molecule has 0 unspecified atom stereocenters. The number of aromatic nitrogens is 1. The molecule has 0 atom stereocenters. The summed E-state index contributed by atoms with van der Waals surface area (Å²) in [6.45, 7) is 6.48. The summed E-state index contributed by atoms with van der Waals surface area (Å²) < 4.78 is 17.1. The van der Waals surface area contributed by atoms with Gasteiger partial charge in [0.25, 0.3) is 5.56 Å². The number of benzene rings is 1. The van der Waals surface area contributed by atoms with Crippen molar-refractivity contribution >= 4 is 17.6 Å². The molecule has 0 fully saturated rings. The number of nitrogens with zero attached hydrogens (tertiary/aromatic N) is 1. The van der Waals surface area contributed by atoms with E-state index in [1.165, 1.54) is 22.9 Å². The summed E-state index contributed by atoms with van der Waals surface area (Å²) >= 11 is 0. The third-order valence-corrected chi connectivity index (χ3v) is 3.89. The van der Waals surface area contributed by atoms with Crippen molar-refractivity contribution in [3.05, 3.63) is 58.5 Å². The normalized spacial score (nSPS) is 10.8. The zero-order chi connectivity index (χ0) is 21.2. The second kappa shape index (κ2) is 11.1. The number of pyridine rings is 1. The molecule has 0 aliphatic carbocycles. The molecule has 0 aliphatic heterocycles. The van der Waals surface area contributed by atoms with Gasteiger partial charge in [0, 0.05) is 31.2 Å².